The summed E-state index contributed by atoms with van der Waals surface area (Å²) in [6.07, 6.45) is 3.12. The lowest BCUT2D eigenvalue weighted by Crippen LogP contribution is -2.50. The Morgan fingerprint density at radius 1 is 1.02 bits per heavy atom. The van der Waals surface area contributed by atoms with E-state index in [9.17, 15) is 14.0 Å². The van der Waals surface area contributed by atoms with Crippen molar-refractivity contribution in [3.8, 4) is 11.1 Å². The zero-order chi connectivity index (χ0) is 27.6. The van der Waals surface area contributed by atoms with Gasteiger partial charge in [-0.15, -0.1) is 11.3 Å². The molecule has 1 N–H and O–H groups in total. The van der Waals surface area contributed by atoms with Gasteiger partial charge in [0.15, 0.2) is 11.5 Å². The first-order chi connectivity index (χ1) is 19.4. The molecule has 2 aromatic carbocycles. The third-order valence-corrected chi connectivity index (χ3v) is 8.02. The van der Waals surface area contributed by atoms with E-state index < -0.39 is 5.82 Å². The second-order valence-corrected chi connectivity index (χ2v) is 10.9. The van der Waals surface area contributed by atoms with Gasteiger partial charge in [0.2, 0.25) is 5.95 Å². The summed E-state index contributed by atoms with van der Waals surface area (Å²) in [5.41, 5.74) is 4.50. The zero-order valence-corrected chi connectivity index (χ0v) is 22.6. The molecular formula is C31H26FN5O2S. The van der Waals surface area contributed by atoms with Crippen LogP contribution in [0.15, 0.2) is 84.5 Å². The molecule has 9 heteroatoms. The number of carbonyl (C=O) groups excluding carboxylic acids is 2. The molecule has 7 nitrogen and oxygen atoms in total. The Morgan fingerprint density at radius 3 is 2.52 bits per heavy atom. The Morgan fingerprint density at radius 2 is 1.77 bits per heavy atom. The number of rotatable bonds is 8. The van der Waals surface area contributed by atoms with Gasteiger partial charge in [-0.25, -0.2) is 14.4 Å². The lowest BCUT2D eigenvalue weighted by Gasteiger charge is -2.38. The third kappa shape index (κ3) is 5.33. The van der Waals surface area contributed by atoms with E-state index in [4.69, 9.17) is 0 Å². The van der Waals surface area contributed by atoms with Crippen LogP contribution in [0.1, 0.15) is 45.8 Å². The first kappa shape index (κ1) is 25.8. The summed E-state index contributed by atoms with van der Waals surface area (Å²) in [5, 5.41) is 5.04. The van der Waals surface area contributed by atoms with Crippen molar-refractivity contribution in [2.45, 2.75) is 19.4 Å². The van der Waals surface area contributed by atoms with Crippen LogP contribution in [0.5, 0.6) is 0 Å². The largest absolute Gasteiger partial charge is 0.348 e. The van der Waals surface area contributed by atoms with E-state index in [1.807, 2.05) is 73.0 Å². The van der Waals surface area contributed by atoms with Gasteiger partial charge in [-0.1, -0.05) is 54.6 Å². The zero-order valence-electron chi connectivity index (χ0n) is 21.8. The fraction of sp³-hybridized carbons (Fsp3) is 0.194. The molecule has 0 bridgehead atoms. The van der Waals surface area contributed by atoms with Gasteiger partial charge in [0.05, 0.1) is 22.5 Å². The highest BCUT2D eigenvalue weighted by Gasteiger charge is 2.34. The molecule has 1 saturated heterocycles. The van der Waals surface area contributed by atoms with Crippen LogP contribution < -0.4 is 5.32 Å². The Kier molecular flexibility index (Phi) is 7.04. The first-order valence-corrected chi connectivity index (χ1v) is 13.9. The number of aromatic nitrogens is 3. The predicted octanol–water partition coefficient (Wildman–Crippen LogP) is 6.41. The monoisotopic (exact) mass is 551 g/mol. The maximum absolute atomic E-state index is 13.6. The van der Waals surface area contributed by atoms with Gasteiger partial charge in [-0.3, -0.25) is 14.6 Å². The summed E-state index contributed by atoms with van der Waals surface area (Å²) in [6.45, 7) is 2.85. The average molecular weight is 552 g/mol. The lowest BCUT2D eigenvalue weighted by molar-refractivity contribution is 0.0466. The van der Waals surface area contributed by atoms with E-state index in [1.165, 1.54) is 17.4 Å². The summed E-state index contributed by atoms with van der Waals surface area (Å²) in [4.78, 5) is 41.1. The van der Waals surface area contributed by atoms with E-state index in [0.29, 0.717) is 46.5 Å². The van der Waals surface area contributed by atoms with Crippen molar-refractivity contribution in [2.75, 3.05) is 18.4 Å². The number of ketones is 1. The van der Waals surface area contributed by atoms with Gasteiger partial charge in [0.1, 0.15) is 5.82 Å². The normalized spacial score (nSPS) is 14.1. The predicted molar refractivity (Wildman–Crippen MR) is 154 cm³/mol. The molecule has 1 fully saturated rings. The van der Waals surface area contributed by atoms with Gasteiger partial charge < -0.3 is 10.2 Å². The molecular weight excluding hydrogens is 525 g/mol. The van der Waals surface area contributed by atoms with Crippen LogP contribution in [-0.4, -0.2) is 44.6 Å². The number of nitrogens with zero attached hydrogens (tertiary/aromatic N) is 4. The Bertz CT molecular complexity index is 1680. The lowest BCUT2D eigenvalue weighted by atomic mass is 9.91. The third-order valence-electron chi connectivity index (χ3n) is 7.11. The molecule has 0 spiro atoms. The fourth-order valence-electron chi connectivity index (χ4n) is 4.89. The van der Waals surface area contributed by atoms with Crippen molar-refractivity contribution < 1.29 is 14.0 Å². The molecule has 1 atom stereocenters. The standard InChI is InChI=1S/C31H26FN5O2S/c1-19(24-14-25(32)16-33-15-24)34-31-35-26-11-12-40-29(26)28(36-31)30(39)37-17-20(18-37)13-27(38)23-9-7-22(8-10-23)21-5-3-2-4-6-21/h2-12,14-16,19-20H,13,17-18H2,1H3,(H,34,35,36)/t19-/m0/s1. The molecule has 0 saturated carbocycles. The number of pyridine rings is 1. The second kappa shape index (κ2) is 10.9. The second-order valence-electron chi connectivity index (χ2n) is 9.98. The number of halogens is 1. The number of Topliss-reactive ketones (excluding diaryl/α,β-unsaturated/α-hetero) is 1. The maximum atomic E-state index is 13.6. The summed E-state index contributed by atoms with van der Waals surface area (Å²) in [6, 6.07) is 20.7. The van der Waals surface area contributed by atoms with E-state index in [-0.39, 0.29) is 29.6 Å². The number of carbonyl (C=O) groups is 2. The highest BCUT2D eigenvalue weighted by atomic mass is 32.1. The minimum Gasteiger partial charge on any atom is -0.348 e. The molecule has 4 heterocycles. The van der Waals surface area contributed by atoms with Crippen LogP contribution in [0, 0.1) is 11.7 Å². The van der Waals surface area contributed by atoms with E-state index in [1.54, 1.807) is 11.1 Å². The van der Waals surface area contributed by atoms with Crippen LogP contribution in [0.4, 0.5) is 10.3 Å². The number of hydrogen-bond donors (Lipinski definition) is 1. The molecule has 6 rings (SSSR count). The van der Waals surface area contributed by atoms with Crippen molar-refractivity contribution in [3.05, 3.63) is 107 Å². The van der Waals surface area contributed by atoms with E-state index in [2.05, 4.69) is 20.3 Å². The van der Waals surface area contributed by atoms with Crippen molar-refractivity contribution >= 4 is 39.2 Å². The Labute approximate surface area is 234 Å². The molecule has 200 valence electrons. The maximum Gasteiger partial charge on any atom is 0.274 e. The minimum absolute atomic E-state index is 0.0757. The number of fused-ring (bicyclic) bond motifs is 1. The van der Waals surface area contributed by atoms with Crippen molar-refractivity contribution in [1.82, 2.24) is 19.9 Å². The fourth-order valence-corrected chi connectivity index (χ4v) is 5.70. The van der Waals surface area contributed by atoms with Crippen molar-refractivity contribution in [1.29, 1.82) is 0 Å². The number of nitrogens with one attached hydrogen (secondary N) is 1. The number of hydrogen-bond acceptors (Lipinski definition) is 7. The van der Waals surface area contributed by atoms with Gasteiger partial charge >= 0.3 is 0 Å². The molecule has 1 aliphatic heterocycles. The smallest absolute Gasteiger partial charge is 0.274 e. The summed E-state index contributed by atoms with van der Waals surface area (Å²) in [5.74, 6) is -0.145. The summed E-state index contributed by atoms with van der Waals surface area (Å²) >= 11 is 1.41. The number of anilines is 1. The SMILES string of the molecule is C[C@H](Nc1nc(C(=O)N2CC(CC(=O)c3ccc(-c4ccccc4)cc3)C2)c2sccc2n1)c1cncc(F)c1. The van der Waals surface area contributed by atoms with Gasteiger partial charge in [0.25, 0.3) is 5.91 Å². The van der Waals surface area contributed by atoms with E-state index in [0.717, 1.165) is 17.3 Å². The summed E-state index contributed by atoms with van der Waals surface area (Å²) < 4.78 is 14.3. The van der Waals surface area contributed by atoms with Crippen molar-refractivity contribution in [3.63, 3.8) is 0 Å². The first-order valence-electron chi connectivity index (χ1n) is 13.0. The number of amides is 1. The number of benzene rings is 2. The molecule has 0 radical (unpaired) electrons. The molecule has 1 amide bonds. The van der Waals surface area contributed by atoms with Crippen LogP contribution in [0.2, 0.25) is 0 Å². The highest BCUT2D eigenvalue weighted by Crippen LogP contribution is 2.30. The Hall–Kier alpha value is -4.50. The minimum atomic E-state index is -0.425. The molecule has 0 aliphatic carbocycles. The van der Waals surface area contributed by atoms with Gasteiger partial charge in [0, 0.05) is 37.2 Å². The number of likely N-dealkylation sites (tertiary alicyclic amines) is 1. The van der Waals surface area contributed by atoms with Crippen LogP contribution in [0.25, 0.3) is 21.3 Å². The molecule has 3 aromatic heterocycles. The Balaban J connectivity index is 1.10. The topological polar surface area (TPSA) is 88.1 Å². The molecule has 40 heavy (non-hydrogen) atoms. The quantitative estimate of drug-likeness (QED) is 0.224. The van der Waals surface area contributed by atoms with E-state index >= 15 is 0 Å². The van der Waals surface area contributed by atoms with Crippen molar-refractivity contribution in [2.24, 2.45) is 5.92 Å². The molecule has 5 aromatic rings. The van der Waals surface area contributed by atoms with Gasteiger partial charge in [-0.2, -0.15) is 0 Å². The molecule has 1 aliphatic rings. The highest BCUT2D eigenvalue weighted by molar-refractivity contribution is 7.17. The average Bonchev–Trinajstić information content (AvgIpc) is 3.43. The number of thiophene rings is 1. The van der Waals surface area contributed by atoms with Crippen LogP contribution in [0.3, 0.4) is 0 Å². The van der Waals surface area contributed by atoms with Crippen LogP contribution in [-0.2, 0) is 0 Å². The summed E-state index contributed by atoms with van der Waals surface area (Å²) in [7, 11) is 0. The van der Waals surface area contributed by atoms with Crippen LogP contribution >= 0.6 is 11.3 Å². The van der Waals surface area contributed by atoms with Gasteiger partial charge in [-0.05, 0) is 41.1 Å². The molecule has 0 unspecified atom stereocenters.